The van der Waals surface area contributed by atoms with Crippen LogP contribution in [-0.4, -0.2) is 29.5 Å². The van der Waals surface area contributed by atoms with Crippen molar-refractivity contribution >= 4 is 5.69 Å². The predicted molar refractivity (Wildman–Crippen MR) is 101 cm³/mol. The molecular weight excluding hydrogens is 300 g/mol. The first kappa shape index (κ1) is 20.6. The van der Waals surface area contributed by atoms with Crippen LogP contribution in [0.5, 0.6) is 0 Å². The lowest BCUT2D eigenvalue weighted by atomic mass is 10.0. The third-order valence-electron chi connectivity index (χ3n) is 4.75. The van der Waals surface area contributed by atoms with Crippen molar-refractivity contribution < 1.29 is 4.92 Å². The normalized spacial score (nSPS) is 12.5. The van der Waals surface area contributed by atoms with Gasteiger partial charge in [-0.15, -0.1) is 0 Å². The molecule has 0 saturated heterocycles. The SMILES string of the molecule is CCCC(C)CCN(CC)CCCCCc1ccc([N+](=O)[O-])cc1. The van der Waals surface area contributed by atoms with Crippen LogP contribution in [0.25, 0.3) is 0 Å². The largest absolute Gasteiger partial charge is 0.304 e. The van der Waals surface area contributed by atoms with E-state index in [1.807, 2.05) is 12.1 Å². The molecular formula is C20H34N2O2. The number of nitro groups is 1. The maximum Gasteiger partial charge on any atom is 0.269 e. The molecule has 1 unspecified atom stereocenters. The van der Waals surface area contributed by atoms with E-state index < -0.39 is 0 Å². The van der Waals surface area contributed by atoms with Crippen molar-refractivity contribution in [3.8, 4) is 0 Å². The highest BCUT2D eigenvalue weighted by atomic mass is 16.6. The number of rotatable bonds is 13. The second kappa shape index (κ2) is 12.0. The molecule has 4 nitrogen and oxygen atoms in total. The quantitative estimate of drug-likeness (QED) is 0.273. The smallest absolute Gasteiger partial charge is 0.269 e. The Bertz CT molecular complexity index is 459. The molecule has 0 aromatic heterocycles. The van der Waals surface area contributed by atoms with Gasteiger partial charge in [0.15, 0.2) is 0 Å². The van der Waals surface area contributed by atoms with Crippen LogP contribution in [0.3, 0.4) is 0 Å². The minimum atomic E-state index is -0.343. The molecule has 24 heavy (non-hydrogen) atoms. The van der Waals surface area contributed by atoms with Gasteiger partial charge in [-0.25, -0.2) is 0 Å². The molecule has 0 aliphatic carbocycles. The highest BCUT2D eigenvalue weighted by Gasteiger charge is 2.06. The maximum atomic E-state index is 10.6. The van der Waals surface area contributed by atoms with Gasteiger partial charge in [0.25, 0.3) is 5.69 Å². The highest BCUT2D eigenvalue weighted by Crippen LogP contribution is 2.15. The van der Waals surface area contributed by atoms with Crippen molar-refractivity contribution in [2.75, 3.05) is 19.6 Å². The van der Waals surface area contributed by atoms with Gasteiger partial charge in [0, 0.05) is 12.1 Å². The van der Waals surface area contributed by atoms with Crippen LogP contribution < -0.4 is 0 Å². The average molecular weight is 335 g/mol. The van der Waals surface area contributed by atoms with Crippen molar-refractivity contribution in [1.82, 2.24) is 4.90 Å². The van der Waals surface area contributed by atoms with E-state index in [9.17, 15) is 10.1 Å². The van der Waals surface area contributed by atoms with Gasteiger partial charge in [-0.3, -0.25) is 10.1 Å². The molecule has 0 radical (unpaired) electrons. The van der Waals surface area contributed by atoms with Gasteiger partial charge in [-0.1, -0.05) is 52.2 Å². The standard InChI is InChI=1S/C20H34N2O2/c1-4-9-18(3)15-17-21(5-2)16-8-6-7-10-19-11-13-20(14-12-19)22(23)24/h11-14,18H,4-10,15-17H2,1-3H3. The lowest BCUT2D eigenvalue weighted by Gasteiger charge is -2.22. The van der Waals surface area contributed by atoms with E-state index in [0.29, 0.717) is 0 Å². The van der Waals surface area contributed by atoms with E-state index in [1.54, 1.807) is 12.1 Å². The van der Waals surface area contributed by atoms with Crippen LogP contribution in [0.15, 0.2) is 24.3 Å². The van der Waals surface area contributed by atoms with E-state index in [0.717, 1.165) is 25.3 Å². The Morgan fingerprint density at radius 2 is 1.75 bits per heavy atom. The number of non-ortho nitro benzene ring substituents is 1. The first-order valence-electron chi connectivity index (χ1n) is 9.52. The van der Waals surface area contributed by atoms with Crippen molar-refractivity contribution in [1.29, 1.82) is 0 Å². The fourth-order valence-electron chi connectivity index (χ4n) is 3.09. The van der Waals surface area contributed by atoms with Crippen molar-refractivity contribution in [2.45, 2.75) is 65.7 Å². The summed E-state index contributed by atoms with van der Waals surface area (Å²) in [6.07, 6.45) is 8.56. The minimum Gasteiger partial charge on any atom is -0.304 e. The van der Waals surface area contributed by atoms with Crippen molar-refractivity contribution in [2.24, 2.45) is 5.92 Å². The van der Waals surface area contributed by atoms with Gasteiger partial charge >= 0.3 is 0 Å². The number of nitro benzene ring substituents is 1. The third kappa shape index (κ3) is 8.44. The summed E-state index contributed by atoms with van der Waals surface area (Å²) in [4.78, 5) is 12.9. The van der Waals surface area contributed by atoms with Crippen LogP contribution in [0.2, 0.25) is 0 Å². The molecule has 0 aliphatic rings. The molecule has 1 aromatic carbocycles. The molecule has 0 heterocycles. The van der Waals surface area contributed by atoms with Gasteiger partial charge in [-0.05, 0) is 56.8 Å². The molecule has 0 spiro atoms. The minimum absolute atomic E-state index is 0.176. The topological polar surface area (TPSA) is 46.4 Å². The zero-order chi connectivity index (χ0) is 17.8. The summed E-state index contributed by atoms with van der Waals surface area (Å²) in [5.74, 6) is 0.839. The molecule has 136 valence electrons. The number of unbranched alkanes of at least 4 members (excludes halogenated alkanes) is 2. The summed E-state index contributed by atoms with van der Waals surface area (Å²) in [5.41, 5.74) is 1.37. The molecule has 0 fully saturated rings. The average Bonchev–Trinajstić information content (AvgIpc) is 2.58. The summed E-state index contributed by atoms with van der Waals surface area (Å²) >= 11 is 0. The second-order valence-corrected chi connectivity index (χ2v) is 6.85. The number of aryl methyl sites for hydroxylation is 1. The van der Waals surface area contributed by atoms with Crippen LogP contribution in [0, 0.1) is 16.0 Å². The first-order chi connectivity index (χ1) is 11.6. The summed E-state index contributed by atoms with van der Waals surface area (Å²) in [6.45, 7) is 10.4. The van der Waals surface area contributed by atoms with E-state index in [-0.39, 0.29) is 10.6 Å². The van der Waals surface area contributed by atoms with Crippen molar-refractivity contribution in [3.63, 3.8) is 0 Å². The van der Waals surface area contributed by atoms with E-state index in [4.69, 9.17) is 0 Å². The monoisotopic (exact) mass is 334 g/mol. The summed E-state index contributed by atoms with van der Waals surface area (Å²) in [6, 6.07) is 6.97. The highest BCUT2D eigenvalue weighted by molar-refractivity contribution is 5.32. The molecule has 1 rings (SSSR count). The Hall–Kier alpha value is -1.42. The Labute approximate surface area is 147 Å². The van der Waals surface area contributed by atoms with Crippen molar-refractivity contribution in [3.05, 3.63) is 39.9 Å². The van der Waals surface area contributed by atoms with E-state index in [1.165, 1.54) is 50.8 Å². The molecule has 0 amide bonds. The Morgan fingerprint density at radius 3 is 2.33 bits per heavy atom. The summed E-state index contributed by atoms with van der Waals surface area (Å²) < 4.78 is 0. The van der Waals surface area contributed by atoms with Gasteiger partial charge in [0.1, 0.15) is 0 Å². The Balaban J connectivity index is 2.16. The Kier molecular flexibility index (Phi) is 10.3. The lowest BCUT2D eigenvalue weighted by Crippen LogP contribution is -2.26. The predicted octanol–water partition coefficient (Wildman–Crippen LogP) is 5.46. The lowest BCUT2D eigenvalue weighted by molar-refractivity contribution is -0.384. The molecule has 0 saturated carbocycles. The third-order valence-corrected chi connectivity index (χ3v) is 4.75. The number of hydrogen-bond donors (Lipinski definition) is 0. The van der Waals surface area contributed by atoms with Crippen LogP contribution in [-0.2, 0) is 6.42 Å². The van der Waals surface area contributed by atoms with E-state index in [2.05, 4.69) is 25.7 Å². The van der Waals surface area contributed by atoms with Crippen LogP contribution in [0.4, 0.5) is 5.69 Å². The maximum absolute atomic E-state index is 10.6. The van der Waals surface area contributed by atoms with Crippen LogP contribution >= 0.6 is 0 Å². The second-order valence-electron chi connectivity index (χ2n) is 6.85. The zero-order valence-corrected chi connectivity index (χ0v) is 15.7. The zero-order valence-electron chi connectivity index (χ0n) is 15.7. The summed E-state index contributed by atoms with van der Waals surface area (Å²) in [5, 5.41) is 10.6. The van der Waals surface area contributed by atoms with Gasteiger partial charge in [0.2, 0.25) is 0 Å². The number of nitrogens with zero attached hydrogens (tertiary/aromatic N) is 2. The molecule has 0 N–H and O–H groups in total. The van der Waals surface area contributed by atoms with E-state index >= 15 is 0 Å². The Morgan fingerprint density at radius 1 is 1.04 bits per heavy atom. The molecule has 0 aliphatic heterocycles. The fraction of sp³-hybridized carbons (Fsp3) is 0.700. The molecule has 0 bridgehead atoms. The molecule has 1 aromatic rings. The fourth-order valence-corrected chi connectivity index (χ4v) is 3.09. The number of hydrogen-bond acceptors (Lipinski definition) is 3. The van der Waals surface area contributed by atoms with Gasteiger partial charge in [0.05, 0.1) is 4.92 Å². The number of benzene rings is 1. The molecule has 4 heteroatoms. The van der Waals surface area contributed by atoms with Gasteiger partial charge in [-0.2, -0.15) is 0 Å². The first-order valence-corrected chi connectivity index (χ1v) is 9.52. The van der Waals surface area contributed by atoms with Crippen LogP contribution in [0.1, 0.15) is 64.9 Å². The summed E-state index contributed by atoms with van der Waals surface area (Å²) in [7, 11) is 0. The molecule has 1 atom stereocenters. The van der Waals surface area contributed by atoms with Gasteiger partial charge < -0.3 is 4.90 Å².